The number of carbonyl (C=O) groups excluding carboxylic acids is 1. The molecule has 6 rings (SSSR count). The van der Waals surface area contributed by atoms with Gasteiger partial charge in [0.2, 0.25) is 0 Å². The maximum Gasteiger partial charge on any atom is 0.256 e. The second kappa shape index (κ2) is 10.3. The van der Waals surface area contributed by atoms with Crippen molar-refractivity contribution >= 4 is 28.3 Å². The van der Waals surface area contributed by atoms with Crippen LogP contribution in [0.25, 0.3) is 22.2 Å². The lowest BCUT2D eigenvalue weighted by atomic mass is 10.1. The maximum absolute atomic E-state index is 10.9. The largest absolute Gasteiger partial charge is 0.381 e. The lowest BCUT2D eigenvalue weighted by Crippen LogP contribution is -2.12. The first kappa shape index (κ1) is 24.3. The highest BCUT2D eigenvalue weighted by molar-refractivity contribution is 6.03. The first-order chi connectivity index (χ1) is 18.5. The fraction of sp³-hybridized carbons (Fsp3) is 0.103. The van der Waals surface area contributed by atoms with Crippen molar-refractivity contribution < 1.29 is 4.79 Å². The summed E-state index contributed by atoms with van der Waals surface area (Å²) in [5.74, 6) is 6.06. The standard InChI is InChI=1S/C22H19N3.C7H7N5O/c1-3-20-14-19-9-7-8-18(13-12-17-15-23-24(2)16-17)22(19)25(20)21-10-5-4-6-11-21;8-5-4(6(9)13)7-10-2-1-3-12(7)11-5/h4-11,14-16H,3H2,1-2H3;1-3H,(H2,8,11)(H2,9,13). The molecule has 4 heterocycles. The predicted molar refractivity (Wildman–Crippen MR) is 148 cm³/mol. The minimum Gasteiger partial charge on any atom is -0.381 e. The van der Waals surface area contributed by atoms with Crippen molar-refractivity contribution in [2.45, 2.75) is 13.3 Å². The summed E-state index contributed by atoms with van der Waals surface area (Å²) in [5.41, 5.74) is 16.7. The van der Waals surface area contributed by atoms with Crippen molar-refractivity contribution in [3.8, 4) is 17.5 Å². The maximum atomic E-state index is 10.9. The molecule has 0 atom stereocenters. The van der Waals surface area contributed by atoms with Crippen LogP contribution in [0.1, 0.15) is 34.1 Å². The molecule has 9 heteroatoms. The number of nitrogen functional groups attached to an aromatic ring is 1. The number of aryl methyl sites for hydroxylation is 2. The van der Waals surface area contributed by atoms with E-state index >= 15 is 0 Å². The average molecular weight is 503 g/mol. The van der Waals surface area contributed by atoms with Crippen LogP contribution in [0.15, 0.2) is 85.5 Å². The minimum absolute atomic E-state index is 0.103. The van der Waals surface area contributed by atoms with E-state index in [0.717, 1.165) is 17.5 Å². The molecule has 6 aromatic rings. The molecule has 4 N–H and O–H groups in total. The number of carbonyl (C=O) groups is 1. The molecule has 0 aliphatic carbocycles. The highest BCUT2D eigenvalue weighted by Gasteiger charge is 2.15. The van der Waals surface area contributed by atoms with Gasteiger partial charge in [0, 0.05) is 48.0 Å². The van der Waals surface area contributed by atoms with Crippen LogP contribution in [-0.4, -0.2) is 34.9 Å². The molecule has 2 aromatic carbocycles. The zero-order valence-corrected chi connectivity index (χ0v) is 21.0. The van der Waals surface area contributed by atoms with Gasteiger partial charge < -0.3 is 16.0 Å². The molecule has 0 fully saturated rings. The number of hydrogen-bond donors (Lipinski definition) is 2. The second-order valence-corrected chi connectivity index (χ2v) is 8.57. The number of nitrogens with zero attached hydrogens (tertiary/aromatic N) is 6. The molecule has 0 bridgehead atoms. The van der Waals surface area contributed by atoms with Gasteiger partial charge in [-0.25, -0.2) is 9.50 Å². The molecule has 0 radical (unpaired) electrons. The van der Waals surface area contributed by atoms with Crippen LogP contribution in [0.3, 0.4) is 0 Å². The molecule has 0 saturated carbocycles. The van der Waals surface area contributed by atoms with Crippen molar-refractivity contribution in [2.24, 2.45) is 12.8 Å². The molecule has 4 aromatic heterocycles. The Labute approximate surface area is 219 Å². The lowest BCUT2D eigenvalue weighted by molar-refractivity contribution is 0.100. The van der Waals surface area contributed by atoms with E-state index in [9.17, 15) is 4.79 Å². The Morgan fingerprint density at radius 2 is 1.87 bits per heavy atom. The minimum atomic E-state index is -0.619. The highest BCUT2D eigenvalue weighted by atomic mass is 16.1. The Balaban J connectivity index is 0.000000190. The third kappa shape index (κ3) is 4.70. The number of para-hydroxylation sites is 2. The Morgan fingerprint density at radius 1 is 1.05 bits per heavy atom. The van der Waals surface area contributed by atoms with Gasteiger partial charge in [-0.05, 0) is 36.8 Å². The molecule has 0 aliphatic rings. The first-order valence-electron chi connectivity index (χ1n) is 12.0. The summed E-state index contributed by atoms with van der Waals surface area (Å²) in [6.07, 6.45) is 7.88. The van der Waals surface area contributed by atoms with Gasteiger partial charge in [-0.2, -0.15) is 5.10 Å². The Morgan fingerprint density at radius 3 is 2.58 bits per heavy atom. The van der Waals surface area contributed by atoms with E-state index in [4.69, 9.17) is 11.5 Å². The van der Waals surface area contributed by atoms with E-state index in [-0.39, 0.29) is 11.4 Å². The van der Waals surface area contributed by atoms with Gasteiger partial charge in [0.25, 0.3) is 5.91 Å². The average Bonchev–Trinajstić information content (AvgIpc) is 3.62. The molecule has 0 saturated heterocycles. The van der Waals surface area contributed by atoms with Crippen LogP contribution >= 0.6 is 0 Å². The van der Waals surface area contributed by atoms with E-state index < -0.39 is 5.91 Å². The van der Waals surface area contributed by atoms with E-state index in [2.05, 4.69) is 87.0 Å². The van der Waals surface area contributed by atoms with Gasteiger partial charge in [0.1, 0.15) is 5.56 Å². The van der Waals surface area contributed by atoms with Crippen LogP contribution in [-0.2, 0) is 13.5 Å². The Kier molecular flexibility index (Phi) is 6.61. The zero-order chi connectivity index (χ0) is 26.6. The molecule has 0 spiro atoms. The van der Waals surface area contributed by atoms with Gasteiger partial charge in [-0.3, -0.25) is 9.48 Å². The van der Waals surface area contributed by atoms with Crippen LogP contribution < -0.4 is 11.5 Å². The van der Waals surface area contributed by atoms with Crippen molar-refractivity contribution in [3.05, 3.63) is 108 Å². The number of benzene rings is 2. The molecule has 38 heavy (non-hydrogen) atoms. The van der Waals surface area contributed by atoms with Crippen LogP contribution in [0.4, 0.5) is 5.82 Å². The van der Waals surface area contributed by atoms with E-state index in [1.165, 1.54) is 26.8 Å². The molecule has 1 amide bonds. The van der Waals surface area contributed by atoms with E-state index in [0.29, 0.717) is 5.65 Å². The van der Waals surface area contributed by atoms with Crippen LogP contribution in [0, 0.1) is 11.8 Å². The molecule has 0 aliphatic heterocycles. The van der Waals surface area contributed by atoms with Crippen molar-refractivity contribution in [1.82, 2.24) is 28.9 Å². The second-order valence-electron chi connectivity index (χ2n) is 8.57. The number of hydrogen-bond acceptors (Lipinski definition) is 5. The Bertz CT molecular complexity index is 1820. The quantitative estimate of drug-likeness (QED) is 0.357. The Hall–Kier alpha value is -5.36. The summed E-state index contributed by atoms with van der Waals surface area (Å²) < 4.78 is 5.50. The number of aromatic nitrogens is 6. The molecular formula is C29H26N8O. The summed E-state index contributed by atoms with van der Waals surface area (Å²) in [6, 6.07) is 20.7. The number of amides is 1. The van der Waals surface area contributed by atoms with Crippen molar-refractivity contribution in [3.63, 3.8) is 0 Å². The van der Waals surface area contributed by atoms with Crippen LogP contribution in [0.5, 0.6) is 0 Å². The fourth-order valence-corrected chi connectivity index (χ4v) is 4.31. The number of anilines is 1. The normalized spacial score (nSPS) is 10.6. The topological polar surface area (TPSA) is 122 Å². The van der Waals surface area contributed by atoms with E-state index in [1.54, 1.807) is 29.3 Å². The summed E-state index contributed by atoms with van der Waals surface area (Å²) >= 11 is 0. The van der Waals surface area contributed by atoms with Gasteiger partial charge in [0.15, 0.2) is 11.5 Å². The van der Waals surface area contributed by atoms with Gasteiger partial charge >= 0.3 is 0 Å². The zero-order valence-electron chi connectivity index (χ0n) is 21.0. The smallest absolute Gasteiger partial charge is 0.256 e. The van der Waals surface area contributed by atoms with Gasteiger partial charge in [0.05, 0.1) is 17.3 Å². The third-order valence-corrected chi connectivity index (χ3v) is 5.99. The predicted octanol–water partition coefficient (Wildman–Crippen LogP) is 3.74. The lowest BCUT2D eigenvalue weighted by Gasteiger charge is -2.10. The monoisotopic (exact) mass is 502 g/mol. The highest BCUT2D eigenvalue weighted by Crippen LogP contribution is 2.27. The van der Waals surface area contributed by atoms with E-state index in [1.807, 2.05) is 19.3 Å². The third-order valence-electron chi connectivity index (χ3n) is 5.99. The van der Waals surface area contributed by atoms with Crippen LogP contribution in [0.2, 0.25) is 0 Å². The SMILES string of the molecule is CCc1cc2cccc(C#Cc3cnn(C)c3)c2n1-c1ccccc1.NC(=O)c1c(N)nn2cccnc12. The van der Waals surface area contributed by atoms with Gasteiger partial charge in [-0.1, -0.05) is 49.1 Å². The number of fused-ring (bicyclic) bond motifs is 2. The van der Waals surface area contributed by atoms with Crippen molar-refractivity contribution in [2.75, 3.05) is 5.73 Å². The number of nitrogens with two attached hydrogens (primary N) is 2. The summed E-state index contributed by atoms with van der Waals surface area (Å²) in [4.78, 5) is 14.9. The number of primary amides is 1. The molecule has 9 nitrogen and oxygen atoms in total. The summed E-state index contributed by atoms with van der Waals surface area (Å²) in [7, 11) is 1.90. The van der Waals surface area contributed by atoms with Gasteiger partial charge in [-0.15, -0.1) is 5.10 Å². The molecule has 0 unspecified atom stereocenters. The molecular weight excluding hydrogens is 476 g/mol. The summed E-state index contributed by atoms with van der Waals surface area (Å²) in [5, 5.41) is 9.27. The summed E-state index contributed by atoms with van der Waals surface area (Å²) in [6.45, 7) is 2.19. The number of rotatable bonds is 3. The van der Waals surface area contributed by atoms with Crippen molar-refractivity contribution in [1.29, 1.82) is 0 Å². The first-order valence-corrected chi connectivity index (χ1v) is 12.0. The molecule has 188 valence electrons. The fourth-order valence-electron chi connectivity index (χ4n) is 4.31.